The van der Waals surface area contributed by atoms with Crippen molar-refractivity contribution in [3.8, 4) is 0 Å². The molecule has 0 aliphatic carbocycles. The van der Waals surface area contributed by atoms with E-state index in [1.54, 1.807) is 0 Å². The maximum atomic E-state index is 10.4. The number of halogens is 2. The van der Waals surface area contributed by atoms with Gasteiger partial charge in [0.05, 0.1) is 0 Å². The van der Waals surface area contributed by atoms with E-state index in [0.717, 1.165) is 21.7 Å². The minimum absolute atomic E-state index is 0.0908. The first kappa shape index (κ1) is 10.9. The van der Waals surface area contributed by atoms with E-state index < -0.39 is 0 Å². The number of hydrogen-bond acceptors (Lipinski definition) is 1. The minimum atomic E-state index is 0.0908. The highest BCUT2D eigenvalue weighted by atomic mass is 79.9. The Bertz CT molecular complexity index is 310. The van der Waals surface area contributed by atoms with Gasteiger partial charge in [0.1, 0.15) is 6.29 Å². The van der Waals surface area contributed by atoms with Crippen LogP contribution in [-0.2, 0) is 11.2 Å². The number of benzene rings is 1. The summed E-state index contributed by atoms with van der Waals surface area (Å²) in [5.74, 6) is 0.0908. The Labute approximate surface area is 94.8 Å². The van der Waals surface area contributed by atoms with Gasteiger partial charge in [-0.1, -0.05) is 13.0 Å². The van der Waals surface area contributed by atoms with Crippen LogP contribution in [0.2, 0.25) is 0 Å². The molecule has 13 heavy (non-hydrogen) atoms. The van der Waals surface area contributed by atoms with E-state index in [9.17, 15) is 4.79 Å². The van der Waals surface area contributed by atoms with Gasteiger partial charge in [-0.2, -0.15) is 0 Å². The van der Waals surface area contributed by atoms with Crippen molar-refractivity contribution in [2.24, 2.45) is 5.92 Å². The third-order valence-corrected chi connectivity index (χ3v) is 3.65. The lowest BCUT2D eigenvalue weighted by atomic mass is 10.0. The molecule has 1 unspecified atom stereocenters. The molecule has 0 saturated heterocycles. The van der Waals surface area contributed by atoms with E-state index in [4.69, 9.17) is 0 Å². The lowest BCUT2D eigenvalue weighted by Crippen LogP contribution is -2.00. The third-order valence-electron chi connectivity index (χ3n) is 1.77. The Morgan fingerprint density at radius 2 is 2.08 bits per heavy atom. The number of aldehydes is 1. The molecule has 1 atom stereocenters. The summed E-state index contributed by atoms with van der Waals surface area (Å²) in [6.07, 6.45) is 1.78. The highest BCUT2D eigenvalue weighted by Crippen LogP contribution is 2.24. The molecule has 1 rings (SSSR count). The Balaban J connectivity index is 2.79. The first-order chi connectivity index (χ1) is 6.13. The molecule has 70 valence electrons. The molecule has 1 aromatic rings. The third kappa shape index (κ3) is 3.24. The molecule has 0 N–H and O–H groups in total. The topological polar surface area (TPSA) is 17.1 Å². The van der Waals surface area contributed by atoms with Crippen molar-refractivity contribution in [3.63, 3.8) is 0 Å². The van der Waals surface area contributed by atoms with Gasteiger partial charge in [-0.25, -0.2) is 0 Å². The molecule has 0 radical (unpaired) electrons. The predicted molar refractivity (Wildman–Crippen MR) is 60.8 cm³/mol. The Morgan fingerprint density at radius 1 is 1.38 bits per heavy atom. The zero-order chi connectivity index (χ0) is 9.84. The van der Waals surface area contributed by atoms with Crippen molar-refractivity contribution in [1.82, 2.24) is 0 Å². The van der Waals surface area contributed by atoms with Crippen LogP contribution in [-0.4, -0.2) is 6.29 Å². The molecule has 0 fully saturated rings. The molecular weight excluding hydrogens is 296 g/mol. The van der Waals surface area contributed by atoms with Gasteiger partial charge in [-0.05, 0) is 56.0 Å². The van der Waals surface area contributed by atoms with Crippen LogP contribution in [0, 0.1) is 5.92 Å². The van der Waals surface area contributed by atoms with Gasteiger partial charge in [0.15, 0.2) is 0 Å². The molecule has 3 heteroatoms. The van der Waals surface area contributed by atoms with Gasteiger partial charge in [0.2, 0.25) is 0 Å². The standard InChI is InChI=1S/C10H10Br2O/c1-7(6-13)4-8-2-3-9(11)10(12)5-8/h2-3,5-7H,4H2,1H3. The van der Waals surface area contributed by atoms with Crippen LogP contribution in [0.25, 0.3) is 0 Å². The molecule has 0 aliphatic heterocycles. The minimum Gasteiger partial charge on any atom is -0.303 e. The van der Waals surface area contributed by atoms with Crippen LogP contribution in [0.4, 0.5) is 0 Å². The Morgan fingerprint density at radius 3 is 2.62 bits per heavy atom. The zero-order valence-corrected chi connectivity index (χ0v) is 10.4. The van der Waals surface area contributed by atoms with Gasteiger partial charge in [0.25, 0.3) is 0 Å². The van der Waals surface area contributed by atoms with Crippen molar-refractivity contribution in [2.75, 3.05) is 0 Å². The van der Waals surface area contributed by atoms with Crippen molar-refractivity contribution < 1.29 is 4.79 Å². The number of rotatable bonds is 3. The highest BCUT2D eigenvalue weighted by molar-refractivity contribution is 9.13. The van der Waals surface area contributed by atoms with E-state index in [-0.39, 0.29) is 5.92 Å². The van der Waals surface area contributed by atoms with E-state index in [1.165, 1.54) is 5.56 Å². The van der Waals surface area contributed by atoms with Crippen LogP contribution < -0.4 is 0 Å². The number of carbonyl (C=O) groups is 1. The lowest BCUT2D eigenvalue weighted by Gasteiger charge is -2.05. The summed E-state index contributed by atoms with van der Waals surface area (Å²) < 4.78 is 2.07. The van der Waals surface area contributed by atoms with E-state index in [2.05, 4.69) is 31.9 Å². The molecule has 0 aliphatic rings. The molecule has 0 amide bonds. The fourth-order valence-corrected chi connectivity index (χ4v) is 1.76. The van der Waals surface area contributed by atoms with Gasteiger partial charge in [-0.3, -0.25) is 0 Å². The summed E-state index contributed by atoms with van der Waals surface area (Å²) >= 11 is 6.82. The molecule has 1 aromatic carbocycles. The summed E-state index contributed by atoms with van der Waals surface area (Å²) in [5.41, 5.74) is 1.18. The Hall–Kier alpha value is -0.150. The van der Waals surface area contributed by atoms with Gasteiger partial charge in [-0.15, -0.1) is 0 Å². The van der Waals surface area contributed by atoms with Crippen LogP contribution in [0.3, 0.4) is 0 Å². The number of carbonyl (C=O) groups excluding carboxylic acids is 1. The zero-order valence-electron chi connectivity index (χ0n) is 7.26. The fraction of sp³-hybridized carbons (Fsp3) is 0.300. The predicted octanol–water partition coefficient (Wildman–Crippen LogP) is 3.59. The molecule has 0 spiro atoms. The summed E-state index contributed by atoms with van der Waals surface area (Å²) in [6, 6.07) is 6.04. The molecule has 1 nitrogen and oxygen atoms in total. The van der Waals surface area contributed by atoms with Crippen LogP contribution >= 0.6 is 31.9 Å². The first-order valence-electron chi connectivity index (χ1n) is 4.02. The Kier molecular flexibility index (Phi) is 4.13. The summed E-state index contributed by atoms with van der Waals surface area (Å²) in [7, 11) is 0. The van der Waals surface area contributed by atoms with Crippen molar-refractivity contribution >= 4 is 38.1 Å². The molecule has 0 aromatic heterocycles. The smallest absolute Gasteiger partial charge is 0.123 e. The number of hydrogen-bond donors (Lipinski definition) is 0. The molecule has 0 heterocycles. The lowest BCUT2D eigenvalue weighted by molar-refractivity contribution is -0.110. The molecule has 0 bridgehead atoms. The monoisotopic (exact) mass is 304 g/mol. The average Bonchev–Trinajstić information content (AvgIpc) is 2.11. The molecule has 0 saturated carbocycles. The molecular formula is C10H10Br2O. The second-order valence-electron chi connectivity index (χ2n) is 3.07. The van der Waals surface area contributed by atoms with Gasteiger partial charge < -0.3 is 4.79 Å². The fourth-order valence-electron chi connectivity index (χ4n) is 1.09. The summed E-state index contributed by atoms with van der Waals surface area (Å²) in [6.45, 7) is 1.92. The maximum absolute atomic E-state index is 10.4. The van der Waals surface area contributed by atoms with Gasteiger partial charge in [0, 0.05) is 14.9 Å². The van der Waals surface area contributed by atoms with E-state index in [0.29, 0.717) is 0 Å². The van der Waals surface area contributed by atoms with E-state index in [1.807, 2.05) is 25.1 Å². The maximum Gasteiger partial charge on any atom is 0.123 e. The average molecular weight is 306 g/mol. The van der Waals surface area contributed by atoms with Crippen LogP contribution in [0.1, 0.15) is 12.5 Å². The summed E-state index contributed by atoms with van der Waals surface area (Å²) in [4.78, 5) is 10.4. The normalized spacial score (nSPS) is 12.5. The second-order valence-corrected chi connectivity index (χ2v) is 4.77. The highest BCUT2D eigenvalue weighted by Gasteiger charge is 2.03. The second kappa shape index (κ2) is 4.91. The van der Waals surface area contributed by atoms with Crippen molar-refractivity contribution in [3.05, 3.63) is 32.7 Å². The largest absolute Gasteiger partial charge is 0.303 e. The quantitative estimate of drug-likeness (QED) is 0.780. The van der Waals surface area contributed by atoms with Crippen molar-refractivity contribution in [2.45, 2.75) is 13.3 Å². The van der Waals surface area contributed by atoms with Crippen molar-refractivity contribution in [1.29, 1.82) is 0 Å². The summed E-state index contributed by atoms with van der Waals surface area (Å²) in [5, 5.41) is 0. The SMILES string of the molecule is CC(C=O)Cc1ccc(Br)c(Br)c1. The first-order valence-corrected chi connectivity index (χ1v) is 5.61. The van der Waals surface area contributed by atoms with E-state index >= 15 is 0 Å². The van der Waals surface area contributed by atoms with Crippen LogP contribution in [0.5, 0.6) is 0 Å². The van der Waals surface area contributed by atoms with Gasteiger partial charge >= 0.3 is 0 Å². The van der Waals surface area contributed by atoms with Crippen LogP contribution in [0.15, 0.2) is 27.1 Å².